The molecule has 0 aliphatic heterocycles. The van der Waals surface area contributed by atoms with Crippen molar-refractivity contribution >= 4 is 29.0 Å². The zero-order valence-corrected chi connectivity index (χ0v) is 13.4. The average molecular weight is 310 g/mol. The fourth-order valence-corrected chi connectivity index (χ4v) is 2.99. The molecule has 0 unspecified atom stereocenters. The summed E-state index contributed by atoms with van der Waals surface area (Å²) in [6.45, 7) is 6.83. The molecule has 7 heteroatoms. The third-order valence-electron chi connectivity index (χ3n) is 2.16. The van der Waals surface area contributed by atoms with Gasteiger partial charge < -0.3 is 10.1 Å². The normalized spacial score (nSPS) is 10.8. The Kier molecular flexibility index (Phi) is 5.60. The lowest BCUT2D eigenvalue weighted by Crippen LogP contribution is -2.12. The van der Waals surface area contributed by atoms with E-state index >= 15 is 0 Å². The highest BCUT2D eigenvalue weighted by atomic mass is 32.2. The van der Waals surface area contributed by atoms with E-state index in [4.69, 9.17) is 4.74 Å². The first-order chi connectivity index (χ1) is 9.67. The number of ether oxygens (including phenoxy) is 1. The standard InChI is InChI=1S/C13H18N4OS2/c1-4-7-14-11-15-12(18-9(2)3)17-13(16-11)20-10-6-5-8-19-10/h5-6,8-9H,4,7H2,1-3H3,(H,14,15,16,17). The minimum atomic E-state index is 0.0380. The Morgan fingerprint density at radius 1 is 1.35 bits per heavy atom. The Morgan fingerprint density at radius 2 is 2.20 bits per heavy atom. The molecule has 2 rings (SSSR count). The molecule has 2 aromatic heterocycles. The predicted molar refractivity (Wildman–Crippen MR) is 82.8 cm³/mol. The van der Waals surface area contributed by atoms with E-state index in [1.54, 1.807) is 11.3 Å². The van der Waals surface area contributed by atoms with E-state index in [1.807, 2.05) is 31.4 Å². The Morgan fingerprint density at radius 3 is 2.85 bits per heavy atom. The topological polar surface area (TPSA) is 59.9 Å². The second-order valence-corrected chi connectivity index (χ2v) is 6.57. The average Bonchev–Trinajstić information content (AvgIpc) is 2.88. The van der Waals surface area contributed by atoms with Gasteiger partial charge >= 0.3 is 6.01 Å². The van der Waals surface area contributed by atoms with Crippen LogP contribution in [0.5, 0.6) is 6.01 Å². The van der Waals surface area contributed by atoms with Gasteiger partial charge in [0.15, 0.2) is 0 Å². The molecule has 0 aromatic carbocycles. The van der Waals surface area contributed by atoms with Gasteiger partial charge in [-0.15, -0.1) is 11.3 Å². The number of hydrogen-bond acceptors (Lipinski definition) is 7. The van der Waals surface area contributed by atoms with Crippen LogP contribution in [0.15, 0.2) is 26.9 Å². The number of aromatic nitrogens is 3. The van der Waals surface area contributed by atoms with Crippen LogP contribution in [0.2, 0.25) is 0 Å². The lowest BCUT2D eigenvalue weighted by Gasteiger charge is -2.10. The first-order valence-corrected chi connectivity index (χ1v) is 8.25. The maximum Gasteiger partial charge on any atom is 0.322 e. The molecule has 0 aliphatic rings. The van der Waals surface area contributed by atoms with Gasteiger partial charge in [-0.25, -0.2) is 0 Å². The van der Waals surface area contributed by atoms with Crippen molar-refractivity contribution < 1.29 is 4.74 Å². The molecule has 0 fully saturated rings. The van der Waals surface area contributed by atoms with Crippen molar-refractivity contribution in [1.82, 2.24) is 15.0 Å². The van der Waals surface area contributed by atoms with Gasteiger partial charge in [0.2, 0.25) is 11.1 Å². The lowest BCUT2D eigenvalue weighted by atomic mass is 10.5. The van der Waals surface area contributed by atoms with Gasteiger partial charge in [0.1, 0.15) is 0 Å². The van der Waals surface area contributed by atoms with E-state index in [2.05, 4.69) is 27.2 Å². The van der Waals surface area contributed by atoms with Gasteiger partial charge in [-0.1, -0.05) is 13.0 Å². The number of hydrogen-bond donors (Lipinski definition) is 1. The quantitative estimate of drug-likeness (QED) is 0.841. The molecule has 0 bridgehead atoms. The van der Waals surface area contributed by atoms with Crippen molar-refractivity contribution in [3.8, 4) is 6.01 Å². The van der Waals surface area contributed by atoms with Crippen LogP contribution in [-0.4, -0.2) is 27.6 Å². The van der Waals surface area contributed by atoms with Crippen molar-refractivity contribution in [3.05, 3.63) is 17.5 Å². The van der Waals surface area contributed by atoms with Gasteiger partial charge in [0, 0.05) is 6.54 Å². The minimum absolute atomic E-state index is 0.0380. The molecule has 0 amide bonds. The molecule has 0 saturated carbocycles. The van der Waals surface area contributed by atoms with Gasteiger partial charge in [0.05, 0.1) is 10.3 Å². The van der Waals surface area contributed by atoms with Gasteiger partial charge in [-0.3, -0.25) is 0 Å². The Balaban J connectivity index is 2.19. The van der Waals surface area contributed by atoms with Crippen LogP contribution in [0.3, 0.4) is 0 Å². The summed E-state index contributed by atoms with van der Waals surface area (Å²) in [5.41, 5.74) is 0. The molecular formula is C13H18N4OS2. The highest BCUT2D eigenvalue weighted by molar-refractivity contribution is 8.01. The highest BCUT2D eigenvalue weighted by Crippen LogP contribution is 2.30. The second kappa shape index (κ2) is 7.44. The summed E-state index contributed by atoms with van der Waals surface area (Å²) < 4.78 is 6.73. The van der Waals surface area contributed by atoms with Gasteiger partial charge in [0.25, 0.3) is 0 Å². The number of anilines is 1. The molecule has 0 aliphatic carbocycles. The lowest BCUT2D eigenvalue weighted by molar-refractivity contribution is 0.219. The van der Waals surface area contributed by atoms with E-state index in [0.29, 0.717) is 17.1 Å². The van der Waals surface area contributed by atoms with Crippen molar-refractivity contribution in [1.29, 1.82) is 0 Å². The van der Waals surface area contributed by atoms with E-state index in [0.717, 1.165) is 17.2 Å². The number of thiophene rings is 1. The fourth-order valence-electron chi connectivity index (χ4n) is 1.37. The largest absolute Gasteiger partial charge is 0.461 e. The Hall–Kier alpha value is -1.34. The van der Waals surface area contributed by atoms with Crippen molar-refractivity contribution in [2.75, 3.05) is 11.9 Å². The maximum atomic E-state index is 5.58. The third-order valence-corrected chi connectivity index (χ3v) is 4.06. The molecular weight excluding hydrogens is 292 g/mol. The summed E-state index contributed by atoms with van der Waals surface area (Å²) in [4.78, 5) is 13.0. The summed E-state index contributed by atoms with van der Waals surface area (Å²) in [5, 5.41) is 5.86. The number of nitrogens with one attached hydrogen (secondary N) is 1. The maximum absolute atomic E-state index is 5.58. The van der Waals surface area contributed by atoms with E-state index in [1.165, 1.54) is 11.8 Å². The summed E-state index contributed by atoms with van der Waals surface area (Å²) in [5.74, 6) is 0.566. The molecule has 0 saturated heterocycles. The SMILES string of the molecule is CCCNc1nc(OC(C)C)nc(Sc2cccs2)n1. The predicted octanol–water partition coefficient (Wildman–Crippen LogP) is 3.69. The zero-order chi connectivity index (χ0) is 14.4. The molecule has 2 heterocycles. The summed E-state index contributed by atoms with van der Waals surface area (Å²) in [7, 11) is 0. The molecule has 0 radical (unpaired) electrons. The highest BCUT2D eigenvalue weighted by Gasteiger charge is 2.10. The third kappa shape index (κ3) is 4.64. The van der Waals surface area contributed by atoms with Crippen molar-refractivity contribution in [2.45, 2.75) is 42.7 Å². The molecule has 1 N–H and O–H groups in total. The van der Waals surface area contributed by atoms with Crippen LogP contribution < -0.4 is 10.1 Å². The molecule has 0 spiro atoms. The number of rotatable bonds is 7. The van der Waals surface area contributed by atoms with Crippen LogP contribution in [0.4, 0.5) is 5.95 Å². The first kappa shape index (κ1) is 15.1. The Bertz CT molecular complexity index is 531. The first-order valence-electron chi connectivity index (χ1n) is 6.55. The van der Waals surface area contributed by atoms with E-state index in [9.17, 15) is 0 Å². The van der Waals surface area contributed by atoms with E-state index in [-0.39, 0.29) is 6.10 Å². The molecule has 20 heavy (non-hydrogen) atoms. The van der Waals surface area contributed by atoms with E-state index < -0.39 is 0 Å². The summed E-state index contributed by atoms with van der Waals surface area (Å²) in [6, 6.07) is 4.42. The van der Waals surface area contributed by atoms with Crippen molar-refractivity contribution in [3.63, 3.8) is 0 Å². The monoisotopic (exact) mass is 310 g/mol. The summed E-state index contributed by atoms with van der Waals surface area (Å²) >= 11 is 3.18. The second-order valence-electron chi connectivity index (χ2n) is 4.35. The zero-order valence-electron chi connectivity index (χ0n) is 11.8. The Labute approximate surface area is 127 Å². The van der Waals surface area contributed by atoms with Crippen LogP contribution in [0.25, 0.3) is 0 Å². The van der Waals surface area contributed by atoms with Crippen LogP contribution in [-0.2, 0) is 0 Å². The molecule has 5 nitrogen and oxygen atoms in total. The summed E-state index contributed by atoms with van der Waals surface area (Å²) in [6.07, 6.45) is 1.05. The fraction of sp³-hybridized carbons (Fsp3) is 0.462. The smallest absolute Gasteiger partial charge is 0.322 e. The van der Waals surface area contributed by atoms with Crippen LogP contribution in [0.1, 0.15) is 27.2 Å². The number of nitrogens with zero attached hydrogens (tertiary/aromatic N) is 3. The van der Waals surface area contributed by atoms with Crippen molar-refractivity contribution in [2.24, 2.45) is 0 Å². The molecule has 108 valence electrons. The minimum Gasteiger partial charge on any atom is -0.461 e. The van der Waals surface area contributed by atoms with Crippen LogP contribution >= 0.6 is 23.1 Å². The van der Waals surface area contributed by atoms with Gasteiger partial charge in [-0.05, 0) is 43.5 Å². The van der Waals surface area contributed by atoms with Crippen LogP contribution in [0, 0.1) is 0 Å². The molecule has 0 atom stereocenters. The van der Waals surface area contributed by atoms with Gasteiger partial charge in [-0.2, -0.15) is 15.0 Å². The molecule has 2 aromatic rings.